The maximum atomic E-state index is 10.9. The van der Waals surface area contributed by atoms with Gasteiger partial charge in [0.1, 0.15) is 6.42 Å². The predicted octanol–water partition coefficient (Wildman–Crippen LogP) is 1.47. The zero-order valence-corrected chi connectivity index (χ0v) is 7.50. The van der Waals surface area contributed by atoms with Crippen LogP contribution in [-0.4, -0.2) is 18.4 Å². The molecule has 12 heavy (non-hydrogen) atoms. The highest BCUT2D eigenvalue weighted by Crippen LogP contribution is 1.91. The Morgan fingerprint density at radius 3 is 2.50 bits per heavy atom. The van der Waals surface area contributed by atoms with E-state index in [0.29, 0.717) is 6.61 Å². The highest BCUT2D eigenvalue weighted by atomic mass is 16.5. The summed E-state index contributed by atoms with van der Waals surface area (Å²) >= 11 is 0. The minimum absolute atomic E-state index is 0.148. The number of hydrogen-bond acceptors (Lipinski definition) is 3. The van der Waals surface area contributed by atoms with E-state index in [1.807, 2.05) is 6.92 Å². The van der Waals surface area contributed by atoms with Crippen molar-refractivity contribution in [2.75, 3.05) is 6.61 Å². The van der Waals surface area contributed by atoms with E-state index in [1.165, 1.54) is 6.08 Å². The van der Waals surface area contributed by atoms with Gasteiger partial charge in [0.05, 0.1) is 6.61 Å². The van der Waals surface area contributed by atoms with E-state index in [4.69, 9.17) is 0 Å². The Kier molecular flexibility index (Phi) is 5.97. The summed E-state index contributed by atoms with van der Waals surface area (Å²) in [4.78, 5) is 21.6. The Morgan fingerprint density at radius 2 is 2.00 bits per heavy atom. The van der Waals surface area contributed by atoms with Crippen molar-refractivity contribution >= 4 is 11.8 Å². The van der Waals surface area contributed by atoms with Crippen LogP contribution in [0.15, 0.2) is 12.2 Å². The van der Waals surface area contributed by atoms with Crippen molar-refractivity contribution in [3.63, 3.8) is 0 Å². The van der Waals surface area contributed by atoms with Crippen molar-refractivity contribution in [2.45, 2.75) is 26.7 Å². The van der Waals surface area contributed by atoms with Crippen LogP contribution < -0.4 is 0 Å². The monoisotopic (exact) mass is 170 g/mol. The number of rotatable bonds is 5. The van der Waals surface area contributed by atoms with E-state index in [1.54, 1.807) is 13.0 Å². The van der Waals surface area contributed by atoms with Gasteiger partial charge in [-0.15, -0.1) is 0 Å². The summed E-state index contributed by atoms with van der Waals surface area (Å²) in [5.74, 6) is -0.654. The molecule has 3 nitrogen and oxygen atoms in total. The lowest BCUT2D eigenvalue weighted by atomic mass is 10.2. The molecule has 0 heterocycles. The molecule has 0 saturated heterocycles. The molecule has 0 aromatic carbocycles. The molecule has 0 aliphatic carbocycles. The number of carbonyl (C=O) groups excluding carboxylic acids is 2. The fourth-order valence-corrected chi connectivity index (χ4v) is 0.663. The maximum absolute atomic E-state index is 10.9. The third-order valence-electron chi connectivity index (χ3n) is 1.16. The molecule has 0 saturated carbocycles. The number of ether oxygens (including phenoxy) is 1. The average molecular weight is 170 g/mol. The van der Waals surface area contributed by atoms with E-state index < -0.39 is 5.97 Å². The summed E-state index contributed by atoms with van der Waals surface area (Å²) in [5.41, 5.74) is 0. The molecule has 68 valence electrons. The van der Waals surface area contributed by atoms with Crippen LogP contribution in [0.4, 0.5) is 0 Å². The van der Waals surface area contributed by atoms with Gasteiger partial charge in [0.25, 0.3) is 0 Å². The van der Waals surface area contributed by atoms with Gasteiger partial charge in [-0.25, -0.2) is 0 Å². The van der Waals surface area contributed by atoms with Gasteiger partial charge in [-0.2, -0.15) is 0 Å². The number of carbonyl (C=O) groups is 2. The van der Waals surface area contributed by atoms with Gasteiger partial charge in [-0.3, -0.25) is 9.59 Å². The first kappa shape index (κ1) is 10.9. The first-order valence-corrected chi connectivity index (χ1v) is 4.05. The van der Waals surface area contributed by atoms with Crippen LogP contribution in [0.3, 0.4) is 0 Å². The second-order valence-corrected chi connectivity index (χ2v) is 2.26. The molecule has 0 bridgehead atoms. The molecule has 0 fully saturated rings. The van der Waals surface area contributed by atoms with Gasteiger partial charge < -0.3 is 4.74 Å². The minimum Gasteiger partial charge on any atom is -0.466 e. The zero-order valence-electron chi connectivity index (χ0n) is 7.50. The predicted molar refractivity (Wildman–Crippen MR) is 45.7 cm³/mol. The summed E-state index contributed by atoms with van der Waals surface area (Å²) < 4.78 is 4.60. The third kappa shape index (κ3) is 5.65. The SMILES string of the molecule is CCC=CC(=O)CC(=O)OCC. The van der Waals surface area contributed by atoms with Crippen LogP contribution in [0.1, 0.15) is 26.7 Å². The maximum Gasteiger partial charge on any atom is 0.313 e. The summed E-state index contributed by atoms with van der Waals surface area (Å²) in [6.45, 7) is 3.96. The summed E-state index contributed by atoms with van der Waals surface area (Å²) in [6.07, 6.45) is 3.79. The molecular weight excluding hydrogens is 156 g/mol. The van der Waals surface area contributed by atoms with E-state index in [-0.39, 0.29) is 12.2 Å². The topological polar surface area (TPSA) is 43.4 Å². The lowest BCUT2D eigenvalue weighted by Gasteiger charge is -1.97. The van der Waals surface area contributed by atoms with Crippen molar-refractivity contribution in [3.8, 4) is 0 Å². The van der Waals surface area contributed by atoms with Crippen molar-refractivity contribution in [2.24, 2.45) is 0 Å². The van der Waals surface area contributed by atoms with E-state index in [9.17, 15) is 9.59 Å². The first-order chi connectivity index (χ1) is 5.70. The molecule has 0 radical (unpaired) electrons. The normalized spacial score (nSPS) is 10.2. The average Bonchev–Trinajstić information content (AvgIpc) is 2.01. The molecule has 0 aromatic rings. The van der Waals surface area contributed by atoms with Crippen LogP contribution in [0.5, 0.6) is 0 Å². The molecule has 0 aromatic heterocycles. The molecule has 0 aliphatic heterocycles. The Balaban J connectivity index is 3.69. The molecule has 3 heteroatoms. The standard InChI is InChI=1S/C9H14O3/c1-3-5-6-8(10)7-9(11)12-4-2/h5-6H,3-4,7H2,1-2H3. The molecule has 0 unspecified atom stereocenters. The van der Waals surface area contributed by atoms with Crippen LogP contribution in [0.25, 0.3) is 0 Å². The van der Waals surface area contributed by atoms with Crippen molar-refractivity contribution in [3.05, 3.63) is 12.2 Å². The fraction of sp³-hybridized carbons (Fsp3) is 0.556. The number of esters is 1. The van der Waals surface area contributed by atoms with Crippen molar-refractivity contribution < 1.29 is 14.3 Å². The third-order valence-corrected chi connectivity index (χ3v) is 1.16. The minimum atomic E-state index is -0.455. The largest absolute Gasteiger partial charge is 0.466 e. The van der Waals surface area contributed by atoms with Gasteiger partial charge in [-0.05, 0) is 19.4 Å². The van der Waals surface area contributed by atoms with Crippen LogP contribution in [-0.2, 0) is 14.3 Å². The Labute approximate surface area is 72.4 Å². The fourth-order valence-electron chi connectivity index (χ4n) is 0.663. The Hall–Kier alpha value is -1.12. The van der Waals surface area contributed by atoms with E-state index in [2.05, 4.69) is 4.74 Å². The number of ketones is 1. The van der Waals surface area contributed by atoms with Crippen molar-refractivity contribution in [1.82, 2.24) is 0 Å². The first-order valence-electron chi connectivity index (χ1n) is 4.05. The second kappa shape index (κ2) is 6.58. The lowest BCUT2D eigenvalue weighted by molar-refractivity contribution is -0.144. The second-order valence-electron chi connectivity index (χ2n) is 2.26. The van der Waals surface area contributed by atoms with E-state index in [0.717, 1.165) is 6.42 Å². The van der Waals surface area contributed by atoms with Gasteiger partial charge >= 0.3 is 5.97 Å². The molecule has 0 rings (SSSR count). The lowest BCUT2D eigenvalue weighted by Crippen LogP contribution is -2.08. The Bertz CT molecular complexity index is 182. The molecule has 0 amide bonds. The van der Waals surface area contributed by atoms with Crippen LogP contribution in [0, 0.1) is 0 Å². The molecule has 0 N–H and O–H groups in total. The van der Waals surface area contributed by atoms with Gasteiger partial charge in [-0.1, -0.05) is 13.0 Å². The smallest absolute Gasteiger partial charge is 0.313 e. The van der Waals surface area contributed by atoms with Crippen molar-refractivity contribution in [1.29, 1.82) is 0 Å². The van der Waals surface area contributed by atoms with Crippen LogP contribution in [0.2, 0.25) is 0 Å². The summed E-state index contributed by atoms with van der Waals surface area (Å²) in [5, 5.41) is 0. The quantitative estimate of drug-likeness (QED) is 0.356. The summed E-state index contributed by atoms with van der Waals surface area (Å²) in [6, 6.07) is 0. The van der Waals surface area contributed by atoms with Gasteiger partial charge in [0.2, 0.25) is 0 Å². The zero-order chi connectivity index (χ0) is 9.40. The molecule has 0 atom stereocenters. The van der Waals surface area contributed by atoms with Gasteiger partial charge in [0, 0.05) is 0 Å². The molecule has 0 aliphatic rings. The van der Waals surface area contributed by atoms with Crippen LogP contribution >= 0.6 is 0 Å². The number of allylic oxidation sites excluding steroid dienone is 2. The molecule has 0 spiro atoms. The summed E-state index contributed by atoms with van der Waals surface area (Å²) in [7, 11) is 0. The molecular formula is C9H14O3. The van der Waals surface area contributed by atoms with Gasteiger partial charge in [0.15, 0.2) is 5.78 Å². The highest BCUT2D eigenvalue weighted by Gasteiger charge is 2.05. The Morgan fingerprint density at radius 1 is 1.33 bits per heavy atom. The highest BCUT2D eigenvalue weighted by molar-refractivity contribution is 6.01. The van der Waals surface area contributed by atoms with E-state index >= 15 is 0 Å². The number of hydrogen-bond donors (Lipinski definition) is 0.